The molecule has 4 heteroatoms. The number of allylic oxidation sites excluding steroid dienone is 2. The van der Waals surface area contributed by atoms with Gasteiger partial charge in [0.2, 0.25) is 0 Å². The van der Waals surface area contributed by atoms with Crippen LogP contribution in [0.3, 0.4) is 0 Å². The number of carboxylic acid groups (broad SMARTS) is 1. The van der Waals surface area contributed by atoms with Crippen molar-refractivity contribution in [3.05, 3.63) is 12.2 Å². The minimum atomic E-state index is -0.698. The second-order valence-electron chi connectivity index (χ2n) is 14.5. The van der Waals surface area contributed by atoms with Crippen LogP contribution in [-0.2, 0) is 14.3 Å². The van der Waals surface area contributed by atoms with Crippen LogP contribution in [0.25, 0.3) is 0 Å². The van der Waals surface area contributed by atoms with Crippen LogP contribution in [0.5, 0.6) is 0 Å². The van der Waals surface area contributed by atoms with E-state index in [4.69, 9.17) is 9.84 Å². The number of unbranched alkanes of at least 4 members (excludes halogenated alkanes) is 28. The SMILES string of the molecule is CCCCCCCCC/C=C\CCCCCCCCCC(=O)OC(CCCCCCCCCCCCC)CCCCCCCC(=O)O. The number of carbonyl (C=O) groups is 2. The van der Waals surface area contributed by atoms with Crippen molar-refractivity contribution in [2.45, 2.75) is 251 Å². The predicted molar refractivity (Wildman–Crippen MR) is 204 cm³/mol. The molecule has 0 aliphatic rings. The van der Waals surface area contributed by atoms with E-state index in [0.717, 1.165) is 64.2 Å². The average Bonchev–Trinajstić information content (AvgIpc) is 3.05. The third-order valence-corrected chi connectivity index (χ3v) is 9.74. The Morgan fingerprint density at radius 2 is 0.766 bits per heavy atom. The van der Waals surface area contributed by atoms with Gasteiger partial charge in [0.25, 0.3) is 0 Å². The smallest absolute Gasteiger partial charge is 0.306 e. The molecule has 0 aromatic rings. The summed E-state index contributed by atoms with van der Waals surface area (Å²) in [5.41, 5.74) is 0. The topological polar surface area (TPSA) is 63.6 Å². The van der Waals surface area contributed by atoms with E-state index in [1.54, 1.807) is 0 Å². The summed E-state index contributed by atoms with van der Waals surface area (Å²) in [6.07, 6.45) is 48.1. The zero-order valence-corrected chi connectivity index (χ0v) is 31.9. The fraction of sp³-hybridized carbons (Fsp3) is 0.907. The molecule has 0 bridgehead atoms. The van der Waals surface area contributed by atoms with Crippen molar-refractivity contribution in [3.63, 3.8) is 0 Å². The summed E-state index contributed by atoms with van der Waals surface area (Å²) >= 11 is 0. The number of carbonyl (C=O) groups excluding carboxylic acids is 1. The first kappa shape index (κ1) is 45.7. The summed E-state index contributed by atoms with van der Waals surface area (Å²) in [6.45, 7) is 4.56. The second kappa shape index (κ2) is 39.1. The Morgan fingerprint density at radius 1 is 0.447 bits per heavy atom. The van der Waals surface area contributed by atoms with E-state index in [2.05, 4.69) is 26.0 Å². The van der Waals surface area contributed by atoms with Crippen LogP contribution in [-0.4, -0.2) is 23.1 Å². The lowest BCUT2D eigenvalue weighted by molar-refractivity contribution is -0.150. The first-order chi connectivity index (χ1) is 23.1. The van der Waals surface area contributed by atoms with Gasteiger partial charge in [0, 0.05) is 12.8 Å². The molecule has 0 aliphatic heterocycles. The van der Waals surface area contributed by atoms with Gasteiger partial charge in [0.15, 0.2) is 0 Å². The van der Waals surface area contributed by atoms with E-state index in [-0.39, 0.29) is 18.5 Å². The Labute approximate surface area is 294 Å². The second-order valence-corrected chi connectivity index (χ2v) is 14.5. The molecule has 1 N–H and O–H groups in total. The number of esters is 1. The average molecular weight is 663 g/mol. The maximum absolute atomic E-state index is 12.7. The van der Waals surface area contributed by atoms with Crippen molar-refractivity contribution in [1.82, 2.24) is 0 Å². The number of aliphatic carboxylic acids is 1. The minimum absolute atomic E-state index is 0.00260. The van der Waals surface area contributed by atoms with Crippen LogP contribution in [0.1, 0.15) is 245 Å². The number of ether oxygens (including phenoxy) is 1. The third kappa shape index (κ3) is 39.0. The van der Waals surface area contributed by atoms with Crippen molar-refractivity contribution < 1.29 is 19.4 Å². The highest BCUT2D eigenvalue weighted by atomic mass is 16.5. The number of hydrogen-bond acceptors (Lipinski definition) is 3. The van der Waals surface area contributed by atoms with Crippen molar-refractivity contribution in [3.8, 4) is 0 Å². The Kier molecular flexibility index (Phi) is 38.0. The summed E-state index contributed by atoms with van der Waals surface area (Å²) < 4.78 is 6.01. The standard InChI is InChI=1S/C43H82O4/c1-3-5-7-9-11-13-15-16-17-18-19-20-21-23-25-27-32-36-40-43(46)47-41(38-34-30-28-31-35-39-42(44)45)37-33-29-26-24-22-14-12-10-8-6-4-2/h17-18,41H,3-16,19-40H2,1-2H3,(H,44,45)/b18-17-. The zero-order chi connectivity index (χ0) is 34.3. The van der Waals surface area contributed by atoms with Gasteiger partial charge in [0.1, 0.15) is 6.10 Å². The van der Waals surface area contributed by atoms with Gasteiger partial charge in [-0.2, -0.15) is 0 Å². The van der Waals surface area contributed by atoms with Crippen LogP contribution >= 0.6 is 0 Å². The van der Waals surface area contributed by atoms with Crippen LogP contribution in [0, 0.1) is 0 Å². The van der Waals surface area contributed by atoms with Crippen LogP contribution in [0.2, 0.25) is 0 Å². The molecule has 47 heavy (non-hydrogen) atoms. The molecular weight excluding hydrogens is 580 g/mol. The number of rotatable bonds is 39. The van der Waals surface area contributed by atoms with Crippen molar-refractivity contribution in [2.24, 2.45) is 0 Å². The minimum Gasteiger partial charge on any atom is -0.481 e. The highest BCUT2D eigenvalue weighted by molar-refractivity contribution is 5.69. The van der Waals surface area contributed by atoms with Gasteiger partial charge in [0.05, 0.1) is 0 Å². The number of carboxylic acids is 1. The van der Waals surface area contributed by atoms with E-state index in [1.165, 1.54) is 154 Å². The maximum atomic E-state index is 12.7. The molecule has 0 rings (SSSR count). The molecule has 0 saturated heterocycles. The molecular formula is C43H82O4. The molecule has 0 radical (unpaired) electrons. The van der Waals surface area contributed by atoms with Gasteiger partial charge in [-0.3, -0.25) is 9.59 Å². The molecule has 0 aliphatic carbocycles. The van der Waals surface area contributed by atoms with Crippen LogP contribution in [0.4, 0.5) is 0 Å². The van der Waals surface area contributed by atoms with Gasteiger partial charge in [-0.15, -0.1) is 0 Å². The van der Waals surface area contributed by atoms with Gasteiger partial charge < -0.3 is 9.84 Å². The Morgan fingerprint density at radius 3 is 1.15 bits per heavy atom. The normalized spacial score (nSPS) is 12.2. The Hall–Kier alpha value is -1.32. The molecule has 1 atom stereocenters. The molecule has 278 valence electrons. The number of hydrogen-bond donors (Lipinski definition) is 1. The van der Waals surface area contributed by atoms with Crippen molar-refractivity contribution in [1.29, 1.82) is 0 Å². The highest BCUT2D eigenvalue weighted by Crippen LogP contribution is 2.19. The lowest BCUT2D eigenvalue weighted by Gasteiger charge is -2.18. The molecule has 4 nitrogen and oxygen atoms in total. The Balaban J connectivity index is 3.95. The summed E-state index contributed by atoms with van der Waals surface area (Å²) in [5, 5.41) is 8.82. The summed E-state index contributed by atoms with van der Waals surface area (Å²) in [7, 11) is 0. The fourth-order valence-electron chi connectivity index (χ4n) is 6.59. The van der Waals surface area contributed by atoms with E-state index >= 15 is 0 Å². The molecule has 0 amide bonds. The maximum Gasteiger partial charge on any atom is 0.306 e. The molecule has 0 aromatic heterocycles. The van der Waals surface area contributed by atoms with Gasteiger partial charge in [-0.1, -0.05) is 180 Å². The fourth-order valence-corrected chi connectivity index (χ4v) is 6.59. The summed E-state index contributed by atoms with van der Waals surface area (Å²) in [5.74, 6) is -0.695. The van der Waals surface area contributed by atoms with E-state index in [1.807, 2.05) is 0 Å². The highest BCUT2D eigenvalue weighted by Gasteiger charge is 2.14. The van der Waals surface area contributed by atoms with Crippen molar-refractivity contribution in [2.75, 3.05) is 0 Å². The lowest BCUT2D eigenvalue weighted by atomic mass is 10.0. The lowest BCUT2D eigenvalue weighted by Crippen LogP contribution is -2.18. The summed E-state index contributed by atoms with van der Waals surface area (Å²) in [6, 6.07) is 0. The molecule has 0 aromatic carbocycles. The van der Waals surface area contributed by atoms with Gasteiger partial charge >= 0.3 is 11.9 Å². The van der Waals surface area contributed by atoms with Crippen LogP contribution < -0.4 is 0 Å². The molecule has 0 saturated carbocycles. The molecule has 1 unspecified atom stereocenters. The first-order valence-corrected chi connectivity index (χ1v) is 21.2. The monoisotopic (exact) mass is 663 g/mol. The molecule has 0 heterocycles. The van der Waals surface area contributed by atoms with Gasteiger partial charge in [-0.05, 0) is 64.2 Å². The first-order valence-electron chi connectivity index (χ1n) is 21.2. The van der Waals surface area contributed by atoms with E-state index < -0.39 is 5.97 Å². The predicted octanol–water partition coefficient (Wildman–Crippen LogP) is 14.6. The van der Waals surface area contributed by atoms with Crippen LogP contribution in [0.15, 0.2) is 12.2 Å². The largest absolute Gasteiger partial charge is 0.481 e. The summed E-state index contributed by atoms with van der Waals surface area (Å²) in [4.78, 5) is 23.4. The van der Waals surface area contributed by atoms with Gasteiger partial charge in [-0.25, -0.2) is 0 Å². The Bertz CT molecular complexity index is 673. The molecule has 0 spiro atoms. The van der Waals surface area contributed by atoms with E-state index in [9.17, 15) is 9.59 Å². The zero-order valence-electron chi connectivity index (χ0n) is 31.9. The quantitative estimate of drug-likeness (QED) is 0.0404. The van der Waals surface area contributed by atoms with E-state index in [0.29, 0.717) is 6.42 Å². The third-order valence-electron chi connectivity index (χ3n) is 9.74. The van der Waals surface area contributed by atoms with Crippen molar-refractivity contribution >= 4 is 11.9 Å². The molecule has 0 fully saturated rings.